The third-order valence-corrected chi connectivity index (χ3v) is 7.39. The molecule has 1 atom stereocenters. The first-order chi connectivity index (χ1) is 18.2. The maximum atomic E-state index is 13.4. The van der Waals surface area contributed by atoms with Crippen molar-refractivity contribution in [1.82, 2.24) is 20.4 Å². The number of H-pyrrole nitrogens is 1. The fourth-order valence-corrected chi connectivity index (χ4v) is 5.34. The molecule has 1 aliphatic rings. The number of halogens is 3. The fraction of sp³-hybridized carbons (Fsp3) is 0.333. The Morgan fingerprint density at radius 1 is 1.11 bits per heavy atom. The number of carbonyl (C=O) groups is 1. The molecule has 1 aromatic heterocycles. The Morgan fingerprint density at radius 3 is 2.71 bits per heavy atom. The van der Waals surface area contributed by atoms with Gasteiger partial charge in [0, 0.05) is 35.6 Å². The maximum Gasteiger partial charge on any atom is 0.416 e. The summed E-state index contributed by atoms with van der Waals surface area (Å²) >= 11 is 0. The van der Waals surface area contributed by atoms with Crippen molar-refractivity contribution in [1.29, 1.82) is 0 Å². The van der Waals surface area contributed by atoms with Crippen molar-refractivity contribution in [3.05, 3.63) is 88.5 Å². The van der Waals surface area contributed by atoms with Crippen LogP contribution in [0.3, 0.4) is 0 Å². The highest BCUT2D eigenvalue weighted by atomic mass is 19.4. The molecule has 198 valence electrons. The zero-order valence-corrected chi connectivity index (χ0v) is 21.5. The van der Waals surface area contributed by atoms with Gasteiger partial charge in [0.1, 0.15) is 0 Å². The second kappa shape index (κ2) is 10.6. The molecule has 0 bridgehead atoms. The van der Waals surface area contributed by atoms with Crippen molar-refractivity contribution < 1.29 is 18.0 Å². The summed E-state index contributed by atoms with van der Waals surface area (Å²) in [7, 11) is 0. The second-order valence-electron chi connectivity index (χ2n) is 10.0. The third-order valence-electron chi connectivity index (χ3n) is 7.39. The summed E-state index contributed by atoms with van der Waals surface area (Å²) < 4.78 is 40.3. The highest BCUT2D eigenvalue weighted by molar-refractivity contribution is 6.01. The molecule has 5 nitrogen and oxygen atoms in total. The van der Waals surface area contributed by atoms with Crippen molar-refractivity contribution in [2.75, 3.05) is 13.1 Å². The average molecular weight is 521 g/mol. The van der Waals surface area contributed by atoms with Gasteiger partial charge in [-0.15, -0.1) is 0 Å². The van der Waals surface area contributed by atoms with E-state index in [-0.39, 0.29) is 24.1 Å². The largest absolute Gasteiger partial charge is 0.416 e. The van der Waals surface area contributed by atoms with Gasteiger partial charge in [-0.1, -0.05) is 37.3 Å². The van der Waals surface area contributed by atoms with Crippen LogP contribution in [-0.2, 0) is 19.1 Å². The lowest BCUT2D eigenvalue weighted by molar-refractivity contribution is -0.138. The van der Waals surface area contributed by atoms with Crippen LogP contribution in [0.4, 0.5) is 13.2 Å². The normalized spacial score (nSPS) is 16.6. The number of fused-ring (bicyclic) bond motifs is 1. The van der Waals surface area contributed by atoms with Crippen LogP contribution in [0, 0.1) is 6.92 Å². The van der Waals surface area contributed by atoms with Crippen LogP contribution in [0.2, 0.25) is 0 Å². The second-order valence-corrected chi connectivity index (χ2v) is 10.0. The molecule has 2 heterocycles. The molecular weight excluding hydrogens is 489 g/mol. The summed E-state index contributed by atoms with van der Waals surface area (Å²) in [6, 6.07) is 17.3. The number of alkyl halides is 3. The number of benzene rings is 3. The summed E-state index contributed by atoms with van der Waals surface area (Å²) in [4.78, 5) is 15.2. The summed E-state index contributed by atoms with van der Waals surface area (Å²) in [5, 5.41) is 11.6. The van der Waals surface area contributed by atoms with Gasteiger partial charge in [0.05, 0.1) is 16.8 Å². The Hall–Kier alpha value is -3.65. The summed E-state index contributed by atoms with van der Waals surface area (Å²) in [5.74, 6) is -0.195. The molecule has 0 saturated carbocycles. The zero-order chi connectivity index (χ0) is 26.9. The summed E-state index contributed by atoms with van der Waals surface area (Å²) in [5.41, 5.74) is 5.33. The topological polar surface area (TPSA) is 61.0 Å². The monoisotopic (exact) mass is 520 g/mol. The molecule has 2 N–H and O–H groups in total. The van der Waals surface area contributed by atoms with Gasteiger partial charge < -0.3 is 5.32 Å². The van der Waals surface area contributed by atoms with Gasteiger partial charge in [0.15, 0.2) is 0 Å². The average Bonchev–Trinajstić information content (AvgIpc) is 3.32. The number of likely N-dealkylation sites (tertiary alicyclic amines) is 1. The lowest BCUT2D eigenvalue weighted by Gasteiger charge is -2.33. The number of rotatable bonds is 6. The van der Waals surface area contributed by atoms with Gasteiger partial charge in [-0.2, -0.15) is 18.3 Å². The first kappa shape index (κ1) is 26.0. The molecule has 4 aromatic rings. The first-order valence-electron chi connectivity index (χ1n) is 13.0. The lowest BCUT2D eigenvalue weighted by Crippen LogP contribution is -2.47. The number of carbonyl (C=O) groups excluding carboxylic acids is 1. The Labute approximate surface area is 220 Å². The molecule has 1 amide bonds. The van der Waals surface area contributed by atoms with Gasteiger partial charge >= 0.3 is 6.18 Å². The molecule has 8 heteroatoms. The number of nitrogens with zero attached hydrogens (tertiary/aromatic N) is 2. The quantitative estimate of drug-likeness (QED) is 0.305. The molecule has 5 rings (SSSR count). The smallest absolute Gasteiger partial charge is 0.348 e. The van der Waals surface area contributed by atoms with Crippen LogP contribution in [-0.4, -0.2) is 40.1 Å². The predicted molar refractivity (Wildman–Crippen MR) is 143 cm³/mol. The van der Waals surface area contributed by atoms with E-state index in [9.17, 15) is 18.0 Å². The van der Waals surface area contributed by atoms with Crippen LogP contribution in [0.5, 0.6) is 0 Å². The van der Waals surface area contributed by atoms with Gasteiger partial charge in [0.25, 0.3) is 5.91 Å². The van der Waals surface area contributed by atoms with Crippen molar-refractivity contribution in [2.45, 2.75) is 51.9 Å². The zero-order valence-electron chi connectivity index (χ0n) is 21.5. The van der Waals surface area contributed by atoms with Crippen LogP contribution in [0.25, 0.3) is 22.2 Å². The van der Waals surface area contributed by atoms with E-state index >= 15 is 0 Å². The minimum absolute atomic E-state index is 0.141. The van der Waals surface area contributed by atoms with E-state index < -0.39 is 11.7 Å². The first-order valence-corrected chi connectivity index (χ1v) is 13.0. The van der Waals surface area contributed by atoms with Crippen LogP contribution < -0.4 is 5.32 Å². The van der Waals surface area contributed by atoms with Crippen molar-refractivity contribution in [3.63, 3.8) is 0 Å². The van der Waals surface area contributed by atoms with Crippen molar-refractivity contribution >= 4 is 16.8 Å². The molecule has 1 aliphatic heterocycles. The van der Waals surface area contributed by atoms with Crippen molar-refractivity contribution in [2.24, 2.45) is 0 Å². The minimum atomic E-state index is -4.39. The summed E-state index contributed by atoms with van der Waals surface area (Å²) in [6.07, 6.45) is -1.88. The fourth-order valence-electron chi connectivity index (χ4n) is 5.34. The number of aromatic amines is 1. The molecule has 0 aliphatic carbocycles. The molecule has 1 saturated heterocycles. The van der Waals surface area contributed by atoms with Gasteiger partial charge in [0.2, 0.25) is 0 Å². The molecule has 38 heavy (non-hydrogen) atoms. The van der Waals surface area contributed by atoms with Gasteiger partial charge in [-0.25, -0.2) is 0 Å². The number of nitrogens with one attached hydrogen (secondary N) is 2. The number of amides is 1. The van der Waals surface area contributed by atoms with Crippen molar-refractivity contribution in [3.8, 4) is 11.3 Å². The Kier molecular flexibility index (Phi) is 7.25. The van der Waals surface area contributed by atoms with Crippen LogP contribution in [0.1, 0.15) is 52.4 Å². The Morgan fingerprint density at radius 2 is 1.92 bits per heavy atom. The number of aryl methyl sites for hydroxylation is 2. The maximum absolute atomic E-state index is 13.4. The molecule has 0 radical (unpaired) electrons. The van der Waals surface area contributed by atoms with E-state index in [1.807, 2.05) is 23.1 Å². The molecule has 0 unspecified atom stereocenters. The van der Waals surface area contributed by atoms with Gasteiger partial charge in [-0.3, -0.25) is 14.8 Å². The van der Waals surface area contributed by atoms with E-state index in [1.54, 1.807) is 12.1 Å². The molecule has 1 fully saturated rings. The highest BCUT2D eigenvalue weighted by Gasteiger charge is 2.33. The Balaban J connectivity index is 1.31. The van der Waals surface area contributed by atoms with E-state index in [1.165, 1.54) is 23.3 Å². The highest BCUT2D eigenvalue weighted by Crippen LogP contribution is 2.33. The lowest BCUT2D eigenvalue weighted by atomic mass is 9.99. The molecular formula is C30H31F3N4O. The van der Waals surface area contributed by atoms with E-state index in [2.05, 4.69) is 41.5 Å². The number of piperidine rings is 1. The van der Waals surface area contributed by atoms with Crippen LogP contribution in [0.15, 0.2) is 60.7 Å². The predicted octanol–water partition coefficient (Wildman–Crippen LogP) is 6.51. The standard InChI is InChI=1S/C30H31F3N4O/c1-3-20-15-21(11-10-19(20)2)28-25-16-22(12-13-27(25)35-36-28)29(38)34-24-8-6-14-37(18-24)17-23-7-4-5-9-26(23)30(31,32)33/h4-5,7,9-13,15-16,24H,3,6,8,14,17-18H2,1-2H3,(H,34,38)(H,35,36)/t24-/m1/s1. The molecule has 0 spiro atoms. The van der Waals surface area contributed by atoms with Crippen LogP contribution >= 0.6 is 0 Å². The molecule has 3 aromatic carbocycles. The number of hydrogen-bond donors (Lipinski definition) is 2. The Bertz CT molecular complexity index is 1460. The third kappa shape index (κ3) is 5.45. The van der Waals surface area contributed by atoms with E-state index in [0.29, 0.717) is 18.7 Å². The summed E-state index contributed by atoms with van der Waals surface area (Å²) in [6.45, 7) is 5.61. The van der Waals surface area contributed by atoms with E-state index in [4.69, 9.17) is 0 Å². The SMILES string of the molecule is CCc1cc(-c2n[nH]c3ccc(C(=O)N[C@@H]4CCCN(Cc5ccccc5C(F)(F)F)C4)cc23)ccc1C. The number of hydrogen-bond acceptors (Lipinski definition) is 3. The van der Waals surface area contributed by atoms with Gasteiger partial charge in [-0.05, 0) is 79.8 Å². The van der Waals surface area contributed by atoms with E-state index in [0.717, 1.165) is 47.5 Å². The minimum Gasteiger partial charge on any atom is -0.348 e. The number of aromatic nitrogens is 2.